The number of rotatable bonds is 8. The Morgan fingerprint density at radius 2 is 2.32 bits per heavy atom. The van der Waals surface area contributed by atoms with Gasteiger partial charge in [-0.1, -0.05) is 6.92 Å². The van der Waals surface area contributed by atoms with Crippen LogP contribution in [0.3, 0.4) is 0 Å². The summed E-state index contributed by atoms with van der Waals surface area (Å²) in [5, 5.41) is 3.18. The first-order chi connectivity index (χ1) is 9.24. The second-order valence-corrected chi connectivity index (χ2v) is 5.69. The molecule has 1 aromatic rings. The topological polar surface area (TPSA) is 42.4 Å². The molecule has 1 aliphatic rings. The number of thiazole rings is 1. The zero-order valence-electron chi connectivity index (χ0n) is 11.7. The highest BCUT2D eigenvalue weighted by Crippen LogP contribution is 2.33. The van der Waals surface area contributed by atoms with E-state index in [0.717, 1.165) is 23.8 Å². The quantitative estimate of drug-likeness (QED) is 0.687. The largest absolute Gasteiger partial charge is 0.466 e. The number of anilines is 1. The second-order valence-electron chi connectivity index (χ2n) is 4.85. The van der Waals surface area contributed by atoms with Crippen LogP contribution in [0, 0.1) is 0 Å². The standard InChI is InChI=1S/C14H22N2O2S/c1-3-9-16(12-6-7-12)14-15-11(10-19-14)5-8-13(17)18-4-2/h10,12H,3-9H2,1-2H3. The predicted molar refractivity (Wildman–Crippen MR) is 77.7 cm³/mol. The Kier molecular flexibility index (Phi) is 5.19. The lowest BCUT2D eigenvalue weighted by Crippen LogP contribution is -2.26. The molecule has 1 fully saturated rings. The van der Waals surface area contributed by atoms with Gasteiger partial charge in [-0.25, -0.2) is 4.98 Å². The fraction of sp³-hybridized carbons (Fsp3) is 0.714. The highest BCUT2D eigenvalue weighted by atomic mass is 32.1. The lowest BCUT2D eigenvalue weighted by Gasteiger charge is -2.20. The van der Waals surface area contributed by atoms with Gasteiger partial charge in [-0.05, 0) is 26.2 Å². The van der Waals surface area contributed by atoms with Crippen molar-refractivity contribution >= 4 is 22.4 Å². The van der Waals surface area contributed by atoms with E-state index in [1.807, 2.05) is 6.92 Å². The molecular formula is C14H22N2O2S. The molecule has 5 heteroatoms. The van der Waals surface area contributed by atoms with Crippen molar-refractivity contribution in [1.82, 2.24) is 4.98 Å². The maximum Gasteiger partial charge on any atom is 0.306 e. The average molecular weight is 282 g/mol. The minimum atomic E-state index is -0.135. The summed E-state index contributed by atoms with van der Waals surface area (Å²) in [4.78, 5) is 18.4. The van der Waals surface area contributed by atoms with Crippen molar-refractivity contribution < 1.29 is 9.53 Å². The normalized spacial score (nSPS) is 14.4. The van der Waals surface area contributed by atoms with Crippen molar-refractivity contribution in [2.75, 3.05) is 18.1 Å². The Balaban J connectivity index is 1.88. The fourth-order valence-electron chi connectivity index (χ4n) is 2.07. The van der Waals surface area contributed by atoms with E-state index in [-0.39, 0.29) is 5.97 Å². The number of ether oxygens (including phenoxy) is 1. The van der Waals surface area contributed by atoms with E-state index in [2.05, 4.69) is 22.2 Å². The molecule has 0 bridgehead atoms. The summed E-state index contributed by atoms with van der Waals surface area (Å²) in [7, 11) is 0. The minimum absolute atomic E-state index is 0.135. The minimum Gasteiger partial charge on any atom is -0.466 e. The number of carbonyl (C=O) groups excluding carboxylic acids is 1. The van der Waals surface area contributed by atoms with Crippen LogP contribution in [-0.2, 0) is 16.0 Å². The SMILES string of the molecule is CCCN(c1nc(CCC(=O)OCC)cs1)C1CC1. The molecule has 0 spiro atoms. The van der Waals surface area contributed by atoms with E-state index in [1.165, 1.54) is 12.8 Å². The van der Waals surface area contributed by atoms with Crippen LogP contribution in [0.2, 0.25) is 0 Å². The number of hydrogen-bond acceptors (Lipinski definition) is 5. The van der Waals surface area contributed by atoms with Crippen molar-refractivity contribution in [3.05, 3.63) is 11.1 Å². The molecule has 1 aromatic heterocycles. The molecule has 2 rings (SSSR count). The predicted octanol–water partition coefficient (Wildman–Crippen LogP) is 3.02. The average Bonchev–Trinajstić information content (AvgIpc) is 3.12. The molecule has 1 heterocycles. The first-order valence-electron chi connectivity index (χ1n) is 7.11. The van der Waals surface area contributed by atoms with Crippen molar-refractivity contribution in [3.8, 4) is 0 Å². The van der Waals surface area contributed by atoms with Gasteiger partial charge in [0.25, 0.3) is 0 Å². The van der Waals surface area contributed by atoms with E-state index in [9.17, 15) is 4.79 Å². The summed E-state index contributed by atoms with van der Waals surface area (Å²) in [5.74, 6) is -0.135. The monoisotopic (exact) mass is 282 g/mol. The second kappa shape index (κ2) is 6.89. The summed E-state index contributed by atoms with van der Waals surface area (Å²) < 4.78 is 4.93. The molecule has 0 atom stereocenters. The van der Waals surface area contributed by atoms with Crippen LogP contribution in [0.1, 0.15) is 45.2 Å². The van der Waals surface area contributed by atoms with Crippen LogP contribution in [0.5, 0.6) is 0 Å². The highest BCUT2D eigenvalue weighted by Gasteiger charge is 2.30. The third-order valence-electron chi connectivity index (χ3n) is 3.13. The summed E-state index contributed by atoms with van der Waals surface area (Å²) in [5.41, 5.74) is 1.01. The third kappa shape index (κ3) is 4.20. The van der Waals surface area contributed by atoms with Crippen LogP contribution in [0.25, 0.3) is 0 Å². The summed E-state index contributed by atoms with van der Waals surface area (Å²) in [6.45, 7) is 5.56. The van der Waals surface area contributed by atoms with E-state index < -0.39 is 0 Å². The number of nitrogens with zero attached hydrogens (tertiary/aromatic N) is 2. The molecule has 4 nitrogen and oxygen atoms in total. The molecule has 0 amide bonds. The van der Waals surface area contributed by atoms with Gasteiger partial charge in [0.15, 0.2) is 5.13 Å². The van der Waals surface area contributed by atoms with Crippen LogP contribution in [0.4, 0.5) is 5.13 Å². The number of aryl methyl sites for hydroxylation is 1. The Bertz CT molecular complexity index is 415. The highest BCUT2D eigenvalue weighted by molar-refractivity contribution is 7.13. The molecule has 0 aliphatic heterocycles. The van der Waals surface area contributed by atoms with Gasteiger partial charge in [-0.3, -0.25) is 4.79 Å². The summed E-state index contributed by atoms with van der Waals surface area (Å²) in [6.07, 6.45) is 4.83. The van der Waals surface area contributed by atoms with E-state index in [1.54, 1.807) is 11.3 Å². The molecule has 0 aromatic carbocycles. The van der Waals surface area contributed by atoms with Gasteiger partial charge in [-0.2, -0.15) is 0 Å². The summed E-state index contributed by atoms with van der Waals surface area (Å²) >= 11 is 1.69. The van der Waals surface area contributed by atoms with Gasteiger partial charge in [-0.15, -0.1) is 11.3 Å². The maximum atomic E-state index is 11.3. The van der Waals surface area contributed by atoms with E-state index >= 15 is 0 Å². The van der Waals surface area contributed by atoms with Crippen molar-refractivity contribution in [2.45, 2.75) is 52.0 Å². The molecule has 0 N–H and O–H groups in total. The lowest BCUT2D eigenvalue weighted by molar-refractivity contribution is -0.143. The lowest BCUT2D eigenvalue weighted by atomic mass is 10.2. The van der Waals surface area contributed by atoms with E-state index in [0.29, 0.717) is 25.5 Å². The molecule has 1 aliphatic carbocycles. The Morgan fingerprint density at radius 3 is 2.95 bits per heavy atom. The van der Waals surface area contributed by atoms with Crippen LogP contribution in [-0.4, -0.2) is 30.1 Å². The Hall–Kier alpha value is -1.10. The molecule has 0 unspecified atom stereocenters. The van der Waals surface area contributed by atoms with Gasteiger partial charge in [0.05, 0.1) is 18.7 Å². The smallest absolute Gasteiger partial charge is 0.306 e. The first kappa shape index (κ1) is 14.3. The van der Waals surface area contributed by atoms with Crippen molar-refractivity contribution in [1.29, 1.82) is 0 Å². The van der Waals surface area contributed by atoms with Gasteiger partial charge >= 0.3 is 5.97 Å². The zero-order valence-corrected chi connectivity index (χ0v) is 12.5. The van der Waals surface area contributed by atoms with Crippen LogP contribution >= 0.6 is 11.3 Å². The number of aromatic nitrogens is 1. The van der Waals surface area contributed by atoms with Crippen LogP contribution in [0.15, 0.2) is 5.38 Å². The van der Waals surface area contributed by atoms with Gasteiger partial charge in [0, 0.05) is 24.4 Å². The third-order valence-corrected chi connectivity index (χ3v) is 4.05. The fourth-order valence-corrected chi connectivity index (χ4v) is 3.03. The Labute approximate surface area is 118 Å². The molecule has 0 radical (unpaired) electrons. The van der Waals surface area contributed by atoms with Gasteiger partial charge in [0.2, 0.25) is 0 Å². The molecule has 19 heavy (non-hydrogen) atoms. The zero-order chi connectivity index (χ0) is 13.7. The molecule has 106 valence electrons. The van der Waals surface area contributed by atoms with Crippen molar-refractivity contribution in [3.63, 3.8) is 0 Å². The maximum absolute atomic E-state index is 11.3. The van der Waals surface area contributed by atoms with Crippen molar-refractivity contribution in [2.24, 2.45) is 0 Å². The molecule has 0 saturated heterocycles. The molecular weight excluding hydrogens is 260 g/mol. The number of esters is 1. The first-order valence-corrected chi connectivity index (χ1v) is 7.99. The Morgan fingerprint density at radius 1 is 1.53 bits per heavy atom. The number of hydrogen-bond donors (Lipinski definition) is 0. The van der Waals surface area contributed by atoms with Gasteiger partial charge < -0.3 is 9.64 Å². The van der Waals surface area contributed by atoms with Gasteiger partial charge in [0.1, 0.15) is 0 Å². The summed E-state index contributed by atoms with van der Waals surface area (Å²) in [6, 6.07) is 0.698. The number of carbonyl (C=O) groups is 1. The molecule has 1 saturated carbocycles. The van der Waals surface area contributed by atoms with E-state index in [4.69, 9.17) is 4.74 Å². The van der Waals surface area contributed by atoms with Crippen LogP contribution < -0.4 is 4.90 Å².